The zero-order valence-electron chi connectivity index (χ0n) is 14.9. The lowest BCUT2D eigenvalue weighted by molar-refractivity contribution is -0.130. The molecule has 0 spiro atoms. The Labute approximate surface area is 157 Å². The SMILES string of the molecule is CC(=O)N1CCN(CC(=O)Nc2cc(-c3ccc(Cl)cc3)nn2C)CC1. The Morgan fingerprint density at radius 1 is 1.15 bits per heavy atom. The van der Waals surface area contributed by atoms with Crippen LogP contribution in [0.4, 0.5) is 5.82 Å². The lowest BCUT2D eigenvalue weighted by Crippen LogP contribution is -2.49. The largest absolute Gasteiger partial charge is 0.340 e. The van der Waals surface area contributed by atoms with Gasteiger partial charge in [-0.25, -0.2) is 0 Å². The van der Waals surface area contributed by atoms with Crippen LogP contribution in [-0.4, -0.2) is 64.1 Å². The molecule has 0 bridgehead atoms. The van der Waals surface area contributed by atoms with Gasteiger partial charge in [0.25, 0.3) is 0 Å². The topological polar surface area (TPSA) is 70.5 Å². The van der Waals surface area contributed by atoms with Gasteiger partial charge in [0.15, 0.2) is 0 Å². The minimum absolute atomic E-state index is 0.0821. The molecule has 1 aromatic carbocycles. The highest BCUT2D eigenvalue weighted by molar-refractivity contribution is 6.30. The third-order valence-corrected chi connectivity index (χ3v) is 4.72. The molecule has 26 heavy (non-hydrogen) atoms. The van der Waals surface area contributed by atoms with Crippen LogP contribution in [0.15, 0.2) is 30.3 Å². The van der Waals surface area contributed by atoms with Crippen LogP contribution in [0.3, 0.4) is 0 Å². The van der Waals surface area contributed by atoms with Crippen molar-refractivity contribution in [3.05, 3.63) is 35.4 Å². The highest BCUT2D eigenvalue weighted by atomic mass is 35.5. The van der Waals surface area contributed by atoms with Gasteiger partial charge in [0.05, 0.1) is 12.2 Å². The molecule has 0 atom stereocenters. The summed E-state index contributed by atoms with van der Waals surface area (Å²) in [5.74, 6) is 0.632. The first-order chi connectivity index (χ1) is 12.4. The molecular formula is C18H22ClN5O2. The van der Waals surface area contributed by atoms with Crippen molar-refractivity contribution in [1.29, 1.82) is 0 Å². The van der Waals surface area contributed by atoms with Crippen molar-refractivity contribution in [2.75, 3.05) is 38.0 Å². The third kappa shape index (κ3) is 4.42. The van der Waals surface area contributed by atoms with E-state index in [2.05, 4.69) is 10.4 Å². The van der Waals surface area contributed by atoms with Gasteiger partial charge in [-0.1, -0.05) is 23.7 Å². The summed E-state index contributed by atoms with van der Waals surface area (Å²) in [6, 6.07) is 9.25. The molecule has 0 unspecified atom stereocenters. The van der Waals surface area contributed by atoms with E-state index in [1.54, 1.807) is 23.6 Å². The molecule has 1 fully saturated rings. The second-order valence-corrected chi connectivity index (χ2v) is 6.81. The van der Waals surface area contributed by atoms with Crippen LogP contribution >= 0.6 is 11.6 Å². The van der Waals surface area contributed by atoms with Gasteiger partial charge in [0.2, 0.25) is 11.8 Å². The number of halogens is 1. The number of aryl methyl sites for hydroxylation is 1. The number of piperazine rings is 1. The van der Waals surface area contributed by atoms with E-state index in [-0.39, 0.29) is 11.8 Å². The van der Waals surface area contributed by atoms with Gasteiger partial charge in [0, 0.05) is 56.8 Å². The number of carbonyl (C=O) groups is 2. The molecule has 0 radical (unpaired) electrons. The van der Waals surface area contributed by atoms with Gasteiger partial charge < -0.3 is 10.2 Å². The minimum atomic E-state index is -0.0908. The fourth-order valence-corrected chi connectivity index (χ4v) is 3.08. The van der Waals surface area contributed by atoms with E-state index in [1.807, 2.05) is 35.2 Å². The molecule has 3 rings (SSSR count). The van der Waals surface area contributed by atoms with Crippen LogP contribution in [0.5, 0.6) is 0 Å². The van der Waals surface area contributed by atoms with E-state index >= 15 is 0 Å². The monoisotopic (exact) mass is 375 g/mol. The van der Waals surface area contributed by atoms with Crippen molar-refractivity contribution in [3.63, 3.8) is 0 Å². The number of benzene rings is 1. The minimum Gasteiger partial charge on any atom is -0.340 e. The maximum Gasteiger partial charge on any atom is 0.239 e. The number of carbonyl (C=O) groups excluding carboxylic acids is 2. The van der Waals surface area contributed by atoms with E-state index in [9.17, 15) is 9.59 Å². The summed E-state index contributed by atoms with van der Waals surface area (Å²) in [5, 5.41) is 8.02. The molecule has 8 heteroatoms. The Balaban J connectivity index is 1.58. The smallest absolute Gasteiger partial charge is 0.239 e. The van der Waals surface area contributed by atoms with E-state index in [0.29, 0.717) is 43.6 Å². The number of nitrogens with zero attached hydrogens (tertiary/aromatic N) is 4. The van der Waals surface area contributed by atoms with Gasteiger partial charge in [-0.3, -0.25) is 19.2 Å². The summed E-state index contributed by atoms with van der Waals surface area (Å²) in [5.41, 5.74) is 1.71. The normalized spacial score (nSPS) is 15.1. The van der Waals surface area contributed by atoms with Crippen LogP contribution in [0, 0.1) is 0 Å². The third-order valence-electron chi connectivity index (χ3n) is 4.47. The van der Waals surface area contributed by atoms with Crippen molar-refractivity contribution >= 4 is 29.2 Å². The van der Waals surface area contributed by atoms with Crippen molar-refractivity contribution in [1.82, 2.24) is 19.6 Å². The number of aromatic nitrogens is 2. The maximum absolute atomic E-state index is 12.3. The van der Waals surface area contributed by atoms with Crippen molar-refractivity contribution in [3.8, 4) is 11.3 Å². The molecule has 0 aliphatic carbocycles. The second-order valence-electron chi connectivity index (χ2n) is 6.38. The van der Waals surface area contributed by atoms with Crippen molar-refractivity contribution in [2.45, 2.75) is 6.92 Å². The molecular weight excluding hydrogens is 354 g/mol. The van der Waals surface area contributed by atoms with Gasteiger partial charge in [-0.15, -0.1) is 0 Å². The van der Waals surface area contributed by atoms with Crippen molar-refractivity contribution in [2.24, 2.45) is 7.05 Å². The number of hydrogen-bond acceptors (Lipinski definition) is 4. The maximum atomic E-state index is 12.3. The first-order valence-corrected chi connectivity index (χ1v) is 8.88. The Morgan fingerprint density at radius 3 is 2.42 bits per heavy atom. The Kier molecular flexibility index (Phi) is 5.58. The summed E-state index contributed by atoms with van der Waals surface area (Å²) >= 11 is 5.91. The number of anilines is 1. The van der Waals surface area contributed by atoms with Crippen molar-refractivity contribution < 1.29 is 9.59 Å². The number of hydrogen-bond donors (Lipinski definition) is 1. The Hall–Kier alpha value is -2.38. The molecule has 0 saturated carbocycles. The predicted octanol–water partition coefficient (Wildman–Crippen LogP) is 1.84. The first-order valence-electron chi connectivity index (χ1n) is 8.50. The fourth-order valence-electron chi connectivity index (χ4n) is 2.95. The summed E-state index contributed by atoms with van der Waals surface area (Å²) in [4.78, 5) is 27.5. The second kappa shape index (κ2) is 7.88. The van der Waals surface area contributed by atoms with Gasteiger partial charge in [0.1, 0.15) is 5.82 Å². The molecule has 1 N–H and O–H groups in total. The summed E-state index contributed by atoms with van der Waals surface area (Å²) < 4.78 is 1.65. The Bertz CT molecular complexity index is 794. The van der Waals surface area contributed by atoms with Crippen LogP contribution in [-0.2, 0) is 16.6 Å². The molecule has 7 nitrogen and oxygen atoms in total. The van der Waals surface area contributed by atoms with Crippen LogP contribution in [0.2, 0.25) is 5.02 Å². The first kappa shape index (κ1) is 18.4. The van der Waals surface area contributed by atoms with E-state index < -0.39 is 0 Å². The number of nitrogens with one attached hydrogen (secondary N) is 1. The average molecular weight is 376 g/mol. The lowest BCUT2D eigenvalue weighted by Gasteiger charge is -2.33. The molecule has 1 aliphatic heterocycles. The van der Waals surface area contributed by atoms with Crippen LogP contribution in [0.25, 0.3) is 11.3 Å². The molecule has 2 heterocycles. The summed E-state index contributed by atoms with van der Waals surface area (Å²) in [7, 11) is 1.79. The average Bonchev–Trinajstić information content (AvgIpc) is 2.96. The highest BCUT2D eigenvalue weighted by Gasteiger charge is 2.20. The fraction of sp³-hybridized carbons (Fsp3) is 0.389. The number of amides is 2. The zero-order valence-corrected chi connectivity index (χ0v) is 15.7. The highest BCUT2D eigenvalue weighted by Crippen LogP contribution is 2.23. The molecule has 2 amide bonds. The molecule has 138 valence electrons. The van der Waals surface area contributed by atoms with Crippen LogP contribution in [0.1, 0.15) is 6.92 Å². The number of rotatable bonds is 4. The summed E-state index contributed by atoms with van der Waals surface area (Å²) in [6.07, 6.45) is 0. The lowest BCUT2D eigenvalue weighted by atomic mass is 10.1. The van der Waals surface area contributed by atoms with Gasteiger partial charge in [-0.05, 0) is 12.1 Å². The molecule has 1 saturated heterocycles. The molecule has 1 aliphatic rings. The van der Waals surface area contributed by atoms with Gasteiger partial charge in [-0.2, -0.15) is 5.10 Å². The van der Waals surface area contributed by atoms with E-state index in [4.69, 9.17) is 11.6 Å². The van der Waals surface area contributed by atoms with E-state index in [0.717, 1.165) is 11.3 Å². The predicted molar refractivity (Wildman–Crippen MR) is 101 cm³/mol. The standard InChI is InChI=1S/C18H22ClN5O2/c1-13(25)24-9-7-23(8-10-24)12-18(26)20-17-11-16(21-22(17)2)14-3-5-15(19)6-4-14/h3-6,11H,7-10,12H2,1-2H3,(H,20,26). The van der Waals surface area contributed by atoms with Crippen LogP contribution < -0.4 is 5.32 Å². The van der Waals surface area contributed by atoms with Gasteiger partial charge >= 0.3 is 0 Å². The molecule has 1 aromatic heterocycles. The van der Waals surface area contributed by atoms with E-state index in [1.165, 1.54) is 0 Å². The summed E-state index contributed by atoms with van der Waals surface area (Å²) in [6.45, 7) is 4.60. The quantitative estimate of drug-likeness (QED) is 0.885. The zero-order chi connectivity index (χ0) is 18.7. The Morgan fingerprint density at radius 2 is 1.81 bits per heavy atom. The molecule has 2 aromatic rings.